The van der Waals surface area contributed by atoms with Gasteiger partial charge >= 0.3 is 0 Å². The van der Waals surface area contributed by atoms with Crippen molar-refractivity contribution >= 4 is 11.6 Å². The van der Waals surface area contributed by atoms with Crippen molar-refractivity contribution in [1.29, 1.82) is 0 Å². The molecule has 0 spiro atoms. The zero-order valence-corrected chi connectivity index (χ0v) is 8.20. The Morgan fingerprint density at radius 2 is 2.15 bits per heavy atom. The molecule has 1 rings (SSSR count). The van der Waals surface area contributed by atoms with Crippen LogP contribution >= 0.6 is 0 Å². The molecule has 1 aromatic heterocycles. The number of rotatable bonds is 3. The molecule has 0 fully saturated rings. The molecule has 0 aromatic carbocycles. The van der Waals surface area contributed by atoms with Crippen LogP contribution in [0.1, 0.15) is 12.5 Å². The normalized spacial score (nSPS) is 10.5. The van der Waals surface area contributed by atoms with E-state index in [1.165, 1.54) is 6.33 Å². The Balaban J connectivity index is 2.98. The van der Waals surface area contributed by atoms with E-state index in [2.05, 4.69) is 15.4 Å². The first-order valence-corrected chi connectivity index (χ1v) is 4.18. The van der Waals surface area contributed by atoms with Crippen molar-refractivity contribution in [3.05, 3.63) is 11.9 Å². The first-order chi connectivity index (χ1) is 6.15. The van der Waals surface area contributed by atoms with Crippen LogP contribution in [0.3, 0.4) is 0 Å². The van der Waals surface area contributed by atoms with Gasteiger partial charge in [0.15, 0.2) is 0 Å². The molecular formula is C8H15N5. The molecule has 1 aromatic rings. The lowest BCUT2D eigenvalue weighted by Crippen LogP contribution is -2.22. The van der Waals surface area contributed by atoms with E-state index in [9.17, 15) is 0 Å². The third-order valence-corrected chi connectivity index (χ3v) is 1.66. The van der Waals surface area contributed by atoms with Crippen molar-refractivity contribution in [2.75, 3.05) is 25.3 Å². The van der Waals surface area contributed by atoms with Crippen LogP contribution in [0.4, 0.5) is 11.6 Å². The number of nitrogens with one attached hydrogen (secondary N) is 1. The molecular weight excluding hydrogens is 166 g/mol. The van der Waals surface area contributed by atoms with E-state index >= 15 is 0 Å². The minimum absolute atomic E-state index is 0.543. The molecule has 5 nitrogen and oxygen atoms in total. The fourth-order valence-corrected chi connectivity index (χ4v) is 1.08. The van der Waals surface area contributed by atoms with Gasteiger partial charge in [-0.2, -0.15) is 0 Å². The van der Waals surface area contributed by atoms with Gasteiger partial charge in [0, 0.05) is 19.7 Å². The van der Waals surface area contributed by atoms with Crippen molar-refractivity contribution in [2.45, 2.75) is 13.3 Å². The van der Waals surface area contributed by atoms with Crippen molar-refractivity contribution in [3.8, 4) is 0 Å². The number of nitrogen functional groups attached to an aromatic ring is 1. The fourth-order valence-electron chi connectivity index (χ4n) is 1.08. The summed E-state index contributed by atoms with van der Waals surface area (Å²) in [5.74, 6) is 1.32. The minimum atomic E-state index is 0.543. The Bertz CT molecular complexity index is 284. The summed E-state index contributed by atoms with van der Waals surface area (Å²) in [4.78, 5) is 8.03. The predicted molar refractivity (Wildman–Crippen MR) is 53.1 cm³/mol. The lowest BCUT2D eigenvalue weighted by Gasteiger charge is -2.15. The molecule has 0 atom stereocenters. The summed E-state index contributed by atoms with van der Waals surface area (Å²) in [7, 11) is 3.80. The van der Waals surface area contributed by atoms with Crippen molar-refractivity contribution in [1.82, 2.24) is 15.0 Å². The quantitative estimate of drug-likeness (QED) is 0.665. The Hall–Kier alpha value is -1.36. The maximum absolute atomic E-state index is 5.70. The molecule has 0 unspecified atom stereocenters. The molecule has 0 saturated carbocycles. The monoisotopic (exact) mass is 181 g/mol. The van der Waals surface area contributed by atoms with E-state index in [-0.39, 0.29) is 0 Å². The van der Waals surface area contributed by atoms with E-state index < -0.39 is 0 Å². The lowest BCUT2D eigenvalue weighted by molar-refractivity contribution is 0.491. The third-order valence-electron chi connectivity index (χ3n) is 1.66. The van der Waals surface area contributed by atoms with Gasteiger partial charge in [0.25, 0.3) is 0 Å². The number of nitrogens with two attached hydrogens (primary N) is 1. The maximum atomic E-state index is 5.70. The molecule has 72 valence electrons. The smallest absolute Gasteiger partial charge is 0.149 e. The van der Waals surface area contributed by atoms with Crippen LogP contribution in [0, 0.1) is 0 Å². The summed E-state index contributed by atoms with van der Waals surface area (Å²) < 4.78 is 0. The van der Waals surface area contributed by atoms with Crippen LogP contribution in [-0.2, 0) is 6.42 Å². The van der Waals surface area contributed by atoms with Crippen LogP contribution in [0.25, 0.3) is 0 Å². The maximum Gasteiger partial charge on any atom is 0.149 e. The second kappa shape index (κ2) is 4.04. The topological polar surface area (TPSA) is 67.1 Å². The predicted octanol–water partition coefficient (Wildman–Crippen LogP) is 0.510. The van der Waals surface area contributed by atoms with Gasteiger partial charge in [0.2, 0.25) is 0 Å². The Kier molecular flexibility index (Phi) is 3.02. The standard InChI is InChI=1S/C8H15N5/c1-4-6-7(9)10-5-11-8(6)12-13(2)3/h5H,4H2,1-3H3,(H3,9,10,11,12). The SMILES string of the molecule is CCc1c(N)ncnc1NN(C)C. The van der Waals surface area contributed by atoms with Gasteiger partial charge in [-0.15, -0.1) is 0 Å². The summed E-state index contributed by atoms with van der Waals surface area (Å²) >= 11 is 0. The second-order valence-electron chi connectivity index (χ2n) is 2.95. The molecule has 1 heterocycles. The molecule has 0 aliphatic rings. The molecule has 5 heteroatoms. The van der Waals surface area contributed by atoms with E-state index in [0.29, 0.717) is 5.82 Å². The summed E-state index contributed by atoms with van der Waals surface area (Å²) in [6.07, 6.45) is 2.28. The zero-order valence-electron chi connectivity index (χ0n) is 8.20. The number of hydrogen-bond donors (Lipinski definition) is 2. The highest BCUT2D eigenvalue weighted by Gasteiger charge is 2.06. The van der Waals surface area contributed by atoms with Gasteiger partial charge in [0.05, 0.1) is 0 Å². The van der Waals surface area contributed by atoms with Crippen LogP contribution in [0.5, 0.6) is 0 Å². The van der Waals surface area contributed by atoms with Crippen molar-refractivity contribution in [2.24, 2.45) is 0 Å². The minimum Gasteiger partial charge on any atom is -0.383 e. The number of anilines is 2. The summed E-state index contributed by atoms with van der Waals surface area (Å²) in [5, 5.41) is 1.82. The highest BCUT2D eigenvalue weighted by molar-refractivity contribution is 5.54. The zero-order chi connectivity index (χ0) is 9.84. The Morgan fingerprint density at radius 3 is 2.69 bits per heavy atom. The fraction of sp³-hybridized carbons (Fsp3) is 0.500. The summed E-state index contributed by atoms with van der Waals surface area (Å²) in [6.45, 7) is 2.02. The van der Waals surface area contributed by atoms with E-state index in [1.807, 2.05) is 26.0 Å². The molecule has 3 N–H and O–H groups in total. The third kappa shape index (κ3) is 2.29. The van der Waals surface area contributed by atoms with Gasteiger partial charge in [0.1, 0.15) is 18.0 Å². The largest absolute Gasteiger partial charge is 0.383 e. The summed E-state index contributed by atoms with van der Waals surface area (Å²) in [6, 6.07) is 0. The molecule has 0 radical (unpaired) electrons. The van der Waals surface area contributed by atoms with Crippen LogP contribution < -0.4 is 11.2 Å². The first kappa shape index (κ1) is 9.73. The van der Waals surface area contributed by atoms with Crippen LogP contribution in [0.2, 0.25) is 0 Å². The number of hydrazine groups is 1. The van der Waals surface area contributed by atoms with E-state index in [4.69, 9.17) is 5.73 Å². The van der Waals surface area contributed by atoms with Gasteiger partial charge in [-0.3, -0.25) is 0 Å². The average molecular weight is 181 g/mol. The van der Waals surface area contributed by atoms with Crippen LogP contribution in [-0.4, -0.2) is 29.1 Å². The highest BCUT2D eigenvalue weighted by atomic mass is 15.5. The summed E-state index contributed by atoms with van der Waals surface area (Å²) in [5.41, 5.74) is 9.72. The van der Waals surface area contributed by atoms with Gasteiger partial charge < -0.3 is 11.2 Å². The van der Waals surface area contributed by atoms with Crippen molar-refractivity contribution < 1.29 is 0 Å². The van der Waals surface area contributed by atoms with Crippen LogP contribution in [0.15, 0.2) is 6.33 Å². The molecule has 0 aliphatic carbocycles. The number of nitrogens with zero attached hydrogens (tertiary/aromatic N) is 3. The second-order valence-corrected chi connectivity index (χ2v) is 2.95. The van der Waals surface area contributed by atoms with E-state index in [1.54, 1.807) is 0 Å². The number of hydrogen-bond acceptors (Lipinski definition) is 5. The van der Waals surface area contributed by atoms with Gasteiger partial charge in [-0.05, 0) is 6.42 Å². The molecule has 13 heavy (non-hydrogen) atoms. The molecule has 0 amide bonds. The van der Waals surface area contributed by atoms with Crippen molar-refractivity contribution in [3.63, 3.8) is 0 Å². The number of aromatic nitrogens is 2. The molecule has 0 bridgehead atoms. The Morgan fingerprint density at radius 1 is 1.46 bits per heavy atom. The van der Waals surface area contributed by atoms with E-state index in [0.717, 1.165) is 17.8 Å². The molecule has 0 saturated heterocycles. The van der Waals surface area contributed by atoms with Gasteiger partial charge in [-0.25, -0.2) is 15.0 Å². The first-order valence-electron chi connectivity index (χ1n) is 4.18. The van der Waals surface area contributed by atoms with Gasteiger partial charge in [-0.1, -0.05) is 6.92 Å². The average Bonchev–Trinajstić information content (AvgIpc) is 2.03. The Labute approximate surface area is 78.0 Å². The molecule has 0 aliphatic heterocycles. The lowest BCUT2D eigenvalue weighted by atomic mass is 10.2. The highest BCUT2D eigenvalue weighted by Crippen LogP contribution is 2.17.